The van der Waals surface area contributed by atoms with Gasteiger partial charge in [0.1, 0.15) is 5.01 Å². The highest BCUT2D eigenvalue weighted by atomic mass is 32.1. The molecule has 0 aliphatic carbocycles. The van der Waals surface area contributed by atoms with Crippen molar-refractivity contribution in [2.75, 3.05) is 6.54 Å². The predicted molar refractivity (Wildman–Crippen MR) is 65.3 cm³/mol. The van der Waals surface area contributed by atoms with Gasteiger partial charge in [0.25, 0.3) is 0 Å². The van der Waals surface area contributed by atoms with Gasteiger partial charge < -0.3 is 4.90 Å². The molecule has 1 aromatic rings. The van der Waals surface area contributed by atoms with Crippen molar-refractivity contribution < 1.29 is 4.79 Å². The standard InChI is InChI=1S/C12H18N2OS/c1-9(2)8-11(15)14-6-3-4-10(14)12-13-5-7-16-12/h5,7,9-10H,3-4,6,8H2,1-2H3. The molecule has 0 radical (unpaired) electrons. The van der Waals surface area contributed by atoms with Gasteiger partial charge in [-0.05, 0) is 18.8 Å². The van der Waals surface area contributed by atoms with Gasteiger partial charge in [-0.15, -0.1) is 11.3 Å². The third-order valence-corrected chi connectivity index (χ3v) is 3.77. The van der Waals surface area contributed by atoms with Crippen molar-refractivity contribution in [3.05, 3.63) is 16.6 Å². The molecule has 1 amide bonds. The first-order valence-electron chi connectivity index (χ1n) is 5.87. The second-order valence-electron chi connectivity index (χ2n) is 4.71. The van der Waals surface area contributed by atoms with Crippen molar-refractivity contribution in [2.45, 2.75) is 39.2 Å². The molecule has 2 rings (SSSR count). The SMILES string of the molecule is CC(C)CC(=O)N1CCCC1c1nccs1. The molecule has 2 heterocycles. The molecule has 88 valence electrons. The van der Waals surface area contributed by atoms with Crippen molar-refractivity contribution in [2.24, 2.45) is 5.92 Å². The van der Waals surface area contributed by atoms with Crippen LogP contribution in [0.25, 0.3) is 0 Å². The summed E-state index contributed by atoms with van der Waals surface area (Å²) >= 11 is 1.66. The molecular formula is C12H18N2OS. The first kappa shape index (κ1) is 11.6. The Morgan fingerprint density at radius 2 is 2.50 bits per heavy atom. The van der Waals surface area contributed by atoms with Crippen molar-refractivity contribution in [3.8, 4) is 0 Å². The summed E-state index contributed by atoms with van der Waals surface area (Å²) in [4.78, 5) is 18.4. The van der Waals surface area contributed by atoms with Gasteiger partial charge in [0.2, 0.25) is 5.91 Å². The second kappa shape index (κ2) is 4.95. The predicted octanol–water partition coefficient (Wildman–Crippen LogP) is 2.85. The lowest BCUT2D eigenvalue weighted by atomic mass is 10.1. The van der Waals surface area contributed by atoms with Gasteiger partial charge in [0.05, 0.1) is 6.04 Å². The largest absolute Gasteiger partial charge is 0.333 e. The highest BCUT2D eigenvalue weighted by Crippen LogP contribution is 2.33. The smallest absolute Gasteiger partial charge is 0.223 e. The van der Waals surface area contributed by atoms with Gasteiger partial charge in [0, 0.05) is 24.5 Å². The number of hydrogen-bond acceptors (Lipinski definition) is 3. The van der Waals surface area contributed by atoms with Gasteiger partial charge in [-0.3, -0.25) is 4.79 Å². The average molecular weight is 238 g/mol. The second-order valence-corrected chi connectivity index (χ2v) is 5.64. The van der Waals surface area contributed by atoms with E-state index in [4.69, 9.17) is 0 Å². The van der Waals surface area contributed by atoms with Crippen LogP contribution in [0.2, 0.25) is 0 Å². The summed E-state index contributed by atoms with van der Waals surface area (Å²) in [7, 11) is 0. The maximum Gasteiger partial charge on any atom is 0.223 e. The van der Waals surface area contributed by atoms with E-state index in [0.717, 1.165) is 24.4 Å². The molecule has 0 spiro atoms. The van der Waals surface area contributed by atoms with Crippen LogP contribution in [-0.4, -0.2) is 22.3 Å². The minimum Gasteiger partial charge on any atom is -0.333 e. The Morgan fingerprint density at radius 1 is 1.69 bits per heavy atom. The fourth-order valence-corrected chi connectivity index (χ4v) is 2.97. The Bertz CT molecular complexity index is 348. The van der Waals surface area contributed by atoms with Crippen LogP contribution in [0, 0.1) is 5.92 Å². The minimum absolute atomic E-state index is 0.242. The summed E-state index contributed by atoms with van der Waals surface area (Å²) in [5, 5.41) is 3.08. The van der Waals surface area contributed by atoms with Crippen molar-refractivity contribution in [3.63, 3.8) is 0 Å². The maximum absolute atomic E-state index is 12.1. The van der Waals surface area contributed by atoms with E-state index in [1.54, 1.807) is 11.3 Å². The zero-order valence-corrected chi connectivity index (χ0v) is 10.7. The van der Waals surface area contributed by atoms with E-state index in [9.17, 15) is 4.79 Å². The van der Waals surface area contributed by atoms with Crippen LogP contribution in [0.5, 0.6) is 0 Å². The first-order chi connectivity index (χ1) is 7.68. The lowest BCUT2D eigenvalue weighted by Crippen LogP contribution is -2.31. The summed E-state index contributed by atoms with van der Waals surface area (Å²) in [6.45, 7) is 5.08. The molecule has 1 saturated heterocycles. The Labute approximate surface area is 100 Å². The molecule has 4 heteroatoms. The maximum atomic E-state index is 12.1. The topological polar surface area (TPSA) is 33.2 Å². The van der Waals surface area contributed by atoms with E-state index in [-0.39, 0.29) is 11.9 Å². The highest BCUT2D eigenvalue weighted by molar-refractivity contribution is 7.09. The molecule has 0 bridgehead atoms. The minimum atomic E-state index is 0.242. The van der Waals surface area contributed by atoms with Gasteiger partial charge >= 0.3 is 0 Å². The number of nitrogens with zero attached hydrogens (tertiary/aromatic N) is 2. The van der Waals surface area contributed by atoms with Crippen molar-refractivity contribution in [1.29, 1.82) is 0 Å². The number of rotatable bonds is 3. The van der Waals surface area contributed by atoms with Crippen LogP contribution in [0.3, 0.4) is 0 Å². The van der Waals surface area contributed by atoms with Crippen molar-refractivity contribution in [1.82, 2.24) is 9.88 Å². The number of amides is 1. The normalized spacial score (nSPS) is 20.7. The Kier molecular flexibility index (Phi) is 3.59. The molecule has 3 nitrogen and oxygen atoms in total. The molecule has 1 aliphatic rings. The number of carbonyl (C=O) groups is 1. The van der Waals surface area contributed by atoms with E-state index in [1.165, 1.54) is 0 Å². The molecule has 1 atom stereocenters. The highest BCUT2D eigenvalue weighted by Gasteiger charge is 2.31. The quantitative estimate of drug-likeness (QED) is 0.811. The van der Waals surface area contributed by atoms with Gasteiger partial charge in [-0.1, -0.05) is 13.8 Å². The molecule has 1 aromatic heterocycles. The average Bonchev–Trinajstić information content (AvgIpc) is 2.87. The summed E-state index contributed by atoms with van der Waals surface area (Å²) < 4.78 is 0. The number of hydrogen-bond donors (Lipinski definition) is 0. The third kappa shape index (κ3) is 2.43. The molecule has 0 aromatic carbocycles. The number of likely N-dealkylation sites (tertiary alicyclic amines) is 1. The number of carbonyl (C=O) groups excluding carboxylic acids is 1. The summed E-state index contributed by atoms with van der Waals surface area (Å²) in [5.41, 5.74) is 0. The Balaban J connectivity index is 2.06. The van der Waals surface area contributed by atoms with E-state index in [0.29, 0.717) is 12.3 Å². The van der Waals surface area contributed by atoms with Crippen molar-refractivity contribution >= 4 is 17.2 Å². The van der Waals surface area contributed by atoms with E-state index in [2.05, 4.69) is 18.8 Å². The molecule has 16 heavy (non-hydrogen) atoms. The first-order valence-corrected chi connectivity index (χ1v) is 6.75. The molecule has 1 aliphatic heterocycles. The fraction of sp³-hybridized carbons (Fsp3) is 0.667. The molecule has 1 unspecified atom stereocenters. The van der Waals surface area contributed by atoms with Gasteiger partial charge in [-0.25, -0.2) is 4.98 Å². The van der Waals surface area contributed by atoms with Gasteiger partial charge in [-0.2, -0.15) is 0 Å². The van der Waals surface area contributed by atoms with Crippen LogP contribution in [0.15, 0.2) is 11.6 Å². The van der Waals surface area contributed by atoms with E-state index < -0.39 is 0 Å². The fourth-order valence-electron chi connectivity index (χ4n) is 2.19. The summed E-state index contributed by atoms with van der Waals surface area (Å²) in [6, 6.07) is 0.242. The molecular weight excluding hydrogens is 220 g/mol. The molecule has 0 N–H and O–H groups in total. The van der Waals surface area contributed by atoms with Crippen LogP contribution in [0.4, 0.5) is 0 Å². The number of aromatic nitrogens is 1. The number of thiazole rings is 1. The third-order valence-electron chi connectivity index (χ3n) is 2.89. The lowest BCUT2D eigenvalue weighted by molar-refractivity contribution is -0.132. The van der Waals surface area contributed by atoms with Crippen LogP contribution in [0.1, 0.15) is 44.2 Å². The zero-order chi connectivity index (χ0) is 11.5. The summed E-state index contributed by atoms with van der Waals surface area (Å²) in [6.07, 6.45) is 4.65. The van der Waals surface area contributed by atoms with Crippen LogP contribution >= 0.6 is 11.3 Å². The monoisotopic (exact) mass is 238 g/mol. The Morgan fingerprint density at radius 3 is 3.12 bits per heavy atom. The molecule has 1 fully saturated rings. The van der Waals surface area contributed by atoms with Crippen LogP contribution in [-0.2, 0) is 4.79 Å². The van der Waals surface area contributed by atoms with E-state index in [1.807, 2.05) is 16.5 Å². The lowest BCUT2D eigenvalue weighted by Gasteiger charge is -2.23. The van der Waals surface area contributed by atoms with E-state index >= 15 is 0 Å². The van der Waals surface area contributed by atoms with Gasteiger partial charge in [0.15, 0.2) is 0 Å². The zero-order valence-electron chi connectivity index (χ0n) is 9.85. The Hall–Kier alpha value is -0.900. The summed E-state index contributed by atoms with van der Waals surface area (Å²) in [5.74, 6) is 0.720. The van der Waals surface area contributed by atoms with Crippen LogP contribution < -0.4 is 0 Å². The molecule has 0 saturated carbocycles.